The van der Waals surface area contributed by atoms with Crippen molar-refractivity contribution in [1.82, 2.24) is 9.80 Å². The lowest BCUT2D eigenvalue weighted by Crippen LogP contribution is -2.33. The number of likely N-dealkylation sites (tertiary alicyclic amines) is 1. The lowest BCUT2D eigenvalue weighted by atomic mass is 9.94. The van der Waals surface area contributed by atoms with Crippen molar-refractivity contribution in [2.75, 3.05) is 33.3 Å². The van der Waals surface area contributed by atoms with Crippen molar-refractivity contribution < 1.29 is 19.4 Å². The van der Waals surface area contributed by atoms with Gasteiger partial charge in [0.15, 0.2) is 0 Å². The summed E-state index contributed by atoms with van der Waals surface area (Å²) in [6.45, 7) is 9.37. The molecule has 1 aliphatic heterocycles. The Morgan fingerprint density at radius 2 is 1.66 bits per heavy atom. The molecule has 1 atom stereocenters. The molecule has 0 aliphatic carbocycles. The van der Waals surface area contributed by atoms with Crippen LogP contribution < -0.4 is 4.74 Å². The Hall–Kier alpha value is -3.12. The van der Waals surface area contributed by atoms with Gasteiger partial charge in [0.25, 0.3) is 11.7 Å². The van der Waals surface area contributed by atoms with Crippen molar-refractivity contribution in [3.05, 3.63) is 70.8 Å². The number of ether oxygens (including phenoxy) is 1. The predicted molar refractivity (Wildman–Crippen MR) is 126 cm³/mol. The predicted octanol–water partition coefficient (Wildman–Crippen LogP) is 4.16. The SMILES string of the molecule is CCN(CC)CCCN1C(=O)C(=O)/C(=C(/O)c2ccc(OC)cc2)[C@H]1c1ccc(C)cc1. The zero-order valence-electron chi connectivity index (χ0n) is 19.3. The number of hydrogen-bond acceptors (Lipinski definition) is 5. The topological polar surface area (TPSA) is 70.1 Å². The smallest absolute Gasteiger partial charge is 0.295 e. The van der Waals surface area contributed by atoms with E-state index in [0.717, 1.165) is 37.2 Å². The molecule has 0 spiro atoms. The van der Waals surface area contributed by atoms with E-state index in [4.69, 9.17) is 4.74 Å². The quantitative estimate of drug-likeness (QED) is 0.363. The highest BCUT2D eigenvalue weighted by molar-refractivity contribution is 6.46. The number of rotatable bonds is 9. The maximum absolute atomic E-state index is 13.1. The first-order valence-corrected chi connectivity index (χ1v) is 11.1. The molecule has 1 fully saturated rings. The Labute approximate surface area is 190 Å². The lowest BCUT2D eigenvalue weighted by Gasteiger charge is -2.27. The summed E-state index contributed by atoms with van der Waals surface area (Å²) in [5, 5.41) is 11.1. The number of carbonyl (C=O) groups excluding carboxylic acids is 2. The molecule has 2 aromatic carbocycles. The minimum absolute atomic E-state index is 0.131. The minimum atomic E-state index is -0.647. The molecule has 2 aromatic rings. The van der Waals surface area contributed by atoms with Crippen molar-refractivity contribution in [2.24, 2.45) is 0 Å². The van der Waals surface area contributed by atoms with Crippen LogP contribution in [0.3, 0.4) is 0 Å². The van der Waals surface area contributed by atoms with Gasteiger partial charge in [0.2, 0.25) is 0 Å². The molecule has 1 amide bonds. The Bertz CT molecular complexity index is 976. The fraction of sp³-hybridized carbons (Fsp3) is 0.385. The summed E-state index contributed by atoms with van der Waals surface area (Å²) in [6.07, 6.45) is 0.750. The number of hydrogen-bond donors (Lipinski definition) is 1. The number of methoxy groups -OCH3 is 1. The van der Waals surface area contributed by atoms with Crippen LogP contribution in [-0.4, -0.2) is 59.9 Å². The number of Topliss-reactive ketones (excluding diaryl/α,β-unsaturated/α-hetero) is 1. The number of benzene rings is 2. The molecule has 1 saturated heterocycles. The van der Waals surface area contributed by atoms with Crippen LogP contribution in [0.15, 0.2) is 54.1 Å². The average molecular weight is 437 g/mol. The summed E-state index contributed by atoms with van der Waals surface area (Å²) in [7, 11) is 1.57. The highest BCUT2D eigenvalue weighted by Gasteiger charge is 2.45. The molecule has 1 heterocycles. The number of nitrogens with zero attached hydrogens (tertiary/aromatic N) is 2. The molecule has 3 rings (SSSR count). The van der Waals surface area contributed by atoms with Crippen molar-refractivity contribution in [2.45, 2.75) is 33.2 Å². The van der Waals surface area contributed by atoms with Gasteiger partial charge in [-0.15, -0.1) is 0 Å². The van der Waals surface area contributed by atoms with Crippen LogP contribution in [0.25, 0.3) is 5.76 Å². The number of aliphatic hydroxyl groups excluding tert-OH is 1. The van der Waals surface area contributed by atoms with Crippen LogP contribution in [0, 0.1) is 6.92 Å². The maximum atomic E-state index is 13.1. The summed E-state index contributed by atoms with van der Waals surface area (Å²) in [5.74, 6) is -0.728. The van der Waals surface area contributed by atoms with E-state index < -0.39 is 17.7 Å². The largest absolute Gasteiger partial charge is 0.507 e. The van der Waals surface area contributed by atoms with Gasteiger partial charge in [0.05, 0.1) is 18.7 Å². The highest BCUT2D eigenvalue weighted by atomic mass is 16.5. The Kier molecular flexibility index (Phi) is 7.70. The second-order valence-electron chi connectivity index (χ2n) is 8.01. The number of amides is 1. The minimum Gasteiger partial charge on any atom is -0.507 e. The molecule has 0 radical (unpaired) electrons. The number of aryl methyl sites for hydroxylation is 1. The fourth-order valence-corrected chi connectivity index (χ4v) is 4.11. The first-order valence-electron chi connectivity index (χ1n) is 11.1. The number of carbonyl (C=O) groups is 2. The van der Waals surface area contributed by atoms with Gasteiger partial charge in [0.1, 0.15) is 11.5 Å². The van der Waals surface area contributed by atoms with E-state index in [2.05, 4.69) is 18.7 Å². The second kappa shape index (κ2) is 10.5. The average Bonchev–Trinajstić information content (AvgIpc) is 3.07. The van der Waals surface area contributed by atoms with E-state index in [1.165, 1.54) is 0 Å². The summed E-state index contributed by atoms with van der Waals surface area (Å²) < 4.78 is 5.18. The van der Waals surface area contributed by atoms with E-state index >= 15 is 0 Å². The first-order chi connectivity index (χ1) is 15.4. The maximum Gasteiger partial charge on any atom is 0.295 e. The fourth-order valence-electron chi connectivity index (χ4n) is 4.11. The molecule has 0 saturated carbocycles. The van der Waals surface area contributed by atoms with Gasteiger partial charge in [-0.05, 0) is 62.8 Å². The van der Waals surface area contributed by atoms with Crippen LogP contribution in [0.5, 0.6) is 5.75 Å². The van der Waals surface area contributed by atoms with Crippen LogP contribution in [0.2, 0.25) is 0 Å². The molecule has 6 heteroatoms. The van der Waals surface area contributed by atoms with Gasteiger partial charge in [-0.1, -0.05) is 43.7 Å². The number of ketones is 1. The molecule has 6 nitrogen and oxygen atoms in total. The Morgan fingerprint density at radius 1 is 1.03 bits per heavy atom. The summed E-state index contributed by atoms with van der Waals surface area (Å²) in [5.41, 5.74) is 2.51. The van der Waals surface area contributed by atoms with Gasteiger partial charge in [-0.25, -0.2) is 0 Å². The summed E-state index contributed by atoms with van der Waals surface area (Å²) >= 11 is 0. The third-order valence-electron chi connectivity index (χ3n) is 6.06. The Morgan fingerprint density at radius 3 is 2.22 bits per heavy atom. The second-order valence-corrected chi connectivity index (χ2v) is 8.01. The lowest BCUT2D eigenvalue weighted by molar-refractivity contribution is -0.140. The van der Waals surface area contributed by atoms with Gasteiger partial charge in [-0.2, -0.15) is 0 Å². The molecule has 0 aromatic heterocycles. The van der Waals surface area contributed by atoms with E-state index in [0.29, 0.717) is 17.9 Å². The van der Waals surface area contributed by atoms with E-state index in [1.807, 2.05) is 31.2 Å². The highest BCUT2D eigenvalue weighted by Crippen LogP contribution is 2.39. The third kappa shape index (κ3) is 4.86. The van der Waals surface area contributed by atoms with Crippen molar-refractivity contribution in [3.8, 4) is 5.75 Å². The molecule has 32 heavy (non-hydrogen) atoms. The van der Waals surface area contributed by atoms with Gasteiger partial charge in [0, 0.05) is 12.1 Å². The van der Waals surface area contributed by atoms with E-state index in [9.17, 15) is 14.7 Å². The van der Waals surface area contributed by atoms with Crippen molar-refractivity contribution in [1.29, 1.82) is 0 Å². The molecule has 0 bridgehead atoms. The monoisotopic (exact) mass is 436 g/mol. The van der Waals surface area contributed by atoms with E-state index in [-0.39, 0.29) is 11.3 Å². The molecule has 1 aliphatic rings. The van der Waals surface area contributed by atoms with Crippen molar-refractivity contribution >= 4 is 17.4 Å². The third-order valence-corrected chi connectivity index (χ3v) is 6.06. The zero-order chi connectivity index (χ0) is 23.3. The Balaban J connectivity index is 2.01. The summed E-state index contributed by atoms with van der Waals surface area (Å²) in [4.78, 5) is 30.0. The van der Waals surface area contributed by atoms with Gasteiger partial charge < -0.3 is 19.6 Å². The van der Waals surface area contributed by atoms with Crippen LogP contribution >= 0.6 is 0 Å². The standard InChI is InChI=1S/C26H32N2O4/c1-5-27(6-2)16-7-17-28-23(19-10-8-18(3)9-11-19)22(25(30)26(28)31)24(29)20-12-14-21(32-4)15-13-20/h8-15,23,29H,5-7,16-17H2,1-4H3/b24-22+/t23-/m1/s1. The van der Waals surface area contributed by atoms with Crippen LogP contribution in [0.1, 0.15) is 43.0 Å². The van der Waals surface area contributed by atoms with Crippen molar-refractivity contribution in [3.63, 3.8) is 0 Å². The normalized spacial score (nSPS) is 17.9. The first kappa shape index (κ1) is 23.5. The molecular formula is C26H32N2O4. The van der Waals surface area contributed by atoms with Crippen LogP contribution in [0.4, 0.5) is 0 Å². The molecule has 170 valence electrons. The molecule has 0 unspecified atom stereocenters. The van der Waals surface area contributed by atoms with Crippen LogP contribution in [-0.2, 0) is 9.59 Å². The molecule has 1 N–H and O–H groups in total. The van der Waals surface area contributed by atoms with Gasteiger partial charge in [-0.3, -0.25) is 9.59 Å². The molecular weight excluding hydrogens is 404 g/mol. The number of aliphatic hydroxyl groups is 1. The zero-order valence-corrected chi connectivity index (χ0v) is 19.3. The summed E-state index contributed by atoms with van der Waals surface area (Å²) in [6, 6.07) is 14.0. The van der Waals surface area contributed by atoms with Gasteiger partial charge >= 0.3 is 0 Å². The van der Waals surface area contributed by atoms with E-state index in [1.54, 1.807) is 36.3 Å².